The van der Waals surface area contributed by atoms with Crippen LogP contribution in [-0.2, 0) is 0 Å². The number of hydrogen-bond acceptors (Lipinski definition) is 2. The van der Waals surface area contributed by atoms with Crippen molar-refractivity contribution in [3.05, 3.63) is 58.9 Å². The second kappa shape index (κ2) is 5.43. The topological polar surface area (TPSA) is 12.0 Å². The third kappa shape index (κ3) is 2.72. The fourth-order valence-corrected chi connectivity index (χ4v) is 3.75. The lowest BCUT2D eigenvalue weighted by Gasteiger charge is -2.14. The Morgan fingerprint density at radius 2 is 2.11 bits per heavy atom. The van der Waals surface area contributed by atoms with Gasteiger partial charge in [0.1, 0.15) is 5.82 Å². The summed E-state index contributed by atoms with van der Waals surface area (Å²) in [6, 6.07) is 12.9. The van der Waals surface area contributed by atoms with E-state index in [4.69, 9.17) is 11.6 Å². The summed E-state index contributed by atoms with van der Waals surface area (Å²) < 4.78 is 13.0. The minimum atomic E-state index is -0.308. The summed E-state index contributed by atoms with van der Waals surface area (Å²) in [4.78, 5) is 1.36. The van der Waals surface area contributed by atoms with Crippen LogP contribution in [0.3, 0.4) is 0 Å². The summed E-state index contributed by atoms with van der Waals surface area (Å²) in [5.41, 5.74) is 2.18. The molecule has 0 spiro atoms. The largest absolute Gasteiger partial charge is 0.383 e. The molecule has 1 nitrogen and oxygen atoms in total. The molecule has 0 saturated carbocycles. The normalized spacial score (nSPS) is 17.3. The second-order valence-electron chi connectivity index (χ2n) is 4.55. The molecule has 0 radical (unpaired) electrons. The Kier molecular flexibility index (Phi) is 3.67. The highest BCUT2D eigenvalue weighted by atomic mass is 35.5. The lowest BCUT2D eigenvalue weighted by atomic mass is 10.0. The number of benzene rings is 2. The number of halogens is 2. The molecule has 4 heteroatoms. The monoisotopic (exact) mass is 293 g/mol. The van der Waals surface area contributed by atoms with Gasteiger partial charge in [-0.1, -0.05) is 29.8 Å². The molecule has 1 aliphatic rings. The SMILES string of the molecule is Fc1ccc(NCC2CSc3ccccc32)c(Cl)c1. The molecule has 0 saturated heterocycles. The van der Waals surface area contributed by atoms with Crippen LogP contribution < -0.4 is 5.32 Å². The van der Waals surface area contributed by atoms with E-state index in [2.05, 4.69) is 29.6 Å². The molecule has 2 aromatic carbocycles. The molecule has 0 fully saturated rings. The predicted octanol–water partition coefficient (Wildman–Crippen LogP) is 4.78. The maximum atomic E-state index is 13.0. The highest BCUT2D eigenvalue weighted by molar-refractivity contribution is 7.99. The molecule has 0 aliphatic carbocycles. The Labute approximate surface area is 121 Å². The number of anilines is 1. The van der Waals surface area contributed by atoms with Crippen LogP contribution >= 0.6 is 23.4 Å². The van der Waals surface area contributed by atoms with Gasteiger partial charge in [0.2, 0.25) is 0 Å². The Bertz CT molecular complexity index is 602. The third-order valence-corrected chi connectivity index (χ3v) is 4.83. The standard InChI is InChI=1S/C15H13ClFNS/c16-13-7-11(17)5-6-14(13)18-8-10-9-19-15-4-2-1-3-12(10)15/h1-7,10,18H,8-9H2. The number of fused-ring (bicyclic) bond motifs is 1. The zero-order chi connectivity index (χ0) is 13.2. The number of nitrogens with one attached hydrogen (secondary N) is 1. The predicted molar refractivity (Wildman–Crippen MR) is 79.8 cm³/mol. The Hall–Kier alpha value is -1.19. The molecular formula is C15H13ClFNS. The second-order valence-corrected chi connectivity index (χ2v) is 6.02. The molecule has 1 N–H and O–H groups in total. The first kappa shape index (κ1) is 12.8. The molecule has 0 bridgehead atoms. The Morgan fingerprint density at radius 1 is 1.26 bits per heavy atom. The van der Waals surface area contributed by atoms with Crippen molar-refractivity contribution < 1.29 is 4.39 Å². The molecule has 1 heterocycles. The maximum Gasteiger partial charge on any atom is 0.124 e. The van der Waals surface area contributed by atoms with Crippen LogP contribution in [0, 0.1) is 5.82 Å². The van der Waals surface area contributed by atoms with E-state index >= 15 is 0 Å². The van der Waals surface area contributed by atoms with Crippen LogP contribution in [0.25, 0.3) is 0 Å². The van der Waals surface area contributed by atoms with Crippen molar-refractivity contribution in [1.29, 1.82) is 0 Å². The van der Waals surface area contributed by atoms with Gasteiger partial charge in [0.25, 0.3) is 0 Å². The van der Waals surface area contributed by atoms with Crippen LogP contribution in [0.2, 0.25) is 5.02 Å². The van der Waals surface area contributed by atoms with Crippen LogP contribution in [-0.4, -0.2) is 12.3 Å². The number of rotatable bonds is 3. The minimum Gasteiger partial charge on any atom is -0.383 e. The summed E-state index contributed by atoms with van der Waals surface area (Å²) in [5, 5.41) is 3.74. The van der Waals surface area contributed by atoms with Crippen LogP contribution in [0.4, 0.5) is 10.1 Å². The summed E-state index contributed by atoms with van der Waals surface area (Å²) in [6.07, 6.45) is 0. The van der Waals surface area contributed by atoms with Gasteiger partial charge in [-0.25, -0.2) is 4.39 Å². The van der Waals surface area contributed by atoms with E-state index < -0.39 is 0 Å². The molecule has 0 amide bonds. The Balaban J connectivity index is 1.71. The zero-order valence-corrected chi connectivity index (χ0v) is 11.8. The molecule has 0 aromatic heterocycles. The van der Waals surface area contributed by atoms with Crippen molar-refractivity contribution in [2.24, 2.45) is 0 Å². The van der Waals surface area contributed by atoms with Gasteiger partial charge in [0.15, 0.2) is 0 Å². The van der Waals surface area contributed by atoms with Crippen molar-refractivity contribution in [2.45, 2.75) is 10.8 Å². The fraction of sp³-hybridized carbons (Fsp3) is 0.200. The van der Waals surface area contributed by atoms with E-state index in [1.165, 1.54) is 22.6 Å². The average Bonchev–Trinajstić information content (AvgIpc) is 2.81. The van der Waals surface area contributed by atoms with Crippen LogP contribution in [0.5, 0.6) is 0 Å². The summed E-state index contributed by atoms with van der Waals surface area (Å²) >= 11 is 7.89. The van der Waals surface area contributed by atoms with Gasteiger partial charge in [0.05, 0.1) is 10.7 Å². The summed E-state index contributed by atoms with van der Waals surface area (Å²) in [5.74, 6) is 1.24. The Morgan fingerprint density at radius 3 is 2.95 bits per heavy atom. The fourth-order valence-electron chi connectivity index (χ4n) is 2.26. The molecule has 1 atom stereocenters. The van der Waals surface area contributed by atoms with Gasteiger partial charge in [-0.2, -0.15) is 0 Å². The van der Waals surface area contributed by atoms with E-state index in [0.717, 1.165) is 18.0 Å². The van der Waals surface area contributed by atoms with Gasteiger partial charge in [-0.05, 0) is 29.8 Å². The molecular weight excluding hydrogens is 281 g/mol. The van der Waals surface area contributed by atoms with Crippen LogP contribution in [0.15, 0.2) is 47.4 Å². The molecule has 1 unspecified atom stereocenters. The summed E-state index contributed by atoms with van der Waals surface area (Å²) in [7, 11) is 0. The van der Waals surface area contributed by atoms with Crippen molar-refractivity contribution >= 4 is 29.1 Å². The minimum absolute atomic E-state index is 0.308. The summed E-state index contributed by atoms with van der Waals surface area (Å²) in [6.45, 7) is 0.815. The van der Waals surface area contributed by atoms with E-state index in [1.54, 1.807) is 6.07 Å². The third-order valence-electron chi connectivity index (χ3n) is 3.27. The smallest absolute Gasteiger partial charge is 0.124 e. The van der Waals surface area contributed by atoms with Crippen molar-refractivity contribution in [1.82, 2.24) is 0 Å². The lowest BCUT2D eigenvalue weighted by molar-refractivity contribution is 0.628. The van der Waals surface area contributed by atoms with E-state index in [0.29, 0.717) is 10.9 Å². The molecule has 19 heavy (non-hydrogen) atoms. The van der Waals surface area contributed by atoms with Crippen LogP contribution in [0.1, 0.15) is 11.5 Å². The molecule has 98 valence electrons. The molecule has 1 aliphatic heterocycles. The maximum absolute atomic E-state index is 13.0. The highest BCUT2D eigenvalue weighted by Gasteiger charge is 2.22. The van der Waals surface area contributed by atoms with Gasteiger partial charge in [-0.3, -0.25) is 0 Å². The highest BCUT2D eigenvalue weighted by Crippen LogP contribution is 2.39. The number of thioether (sulfide) groups is 1. The van der Waals surface area contributed by atoms with Gasteiger partial charge in [-0.15, -0.1) is 11.8 Å². The first-order valence-corrected chi connectivity index (χ1v) is 7.51. The zero-order valence-electron chi connectivity index (χ0n) is 10.2. The molecule has 3 rings (SSSR count). The van der Waals surface area contributed by atoms with Crippen molar-refractivity contribution in [3.8, 4) is 0 Å². The van der Waals surface area contributed by atoms with Crippen molar-refractivity contribution in [3.63, 3.8) is 0 Å². The van der Waals surface area contributed by atoms with E-state index in [-0.39, 0.29) is 5.82 Å². The van der Waals surface area contributed by atoms with E-state index in [9.17, 15) is 4.39 Å². The van der Waals surface area contributed by atoms with Gasteiger partial charge < -0.3 is 5.32 Å². The lowest BCUT2D eigenvalue weighted by Crippen LogP contribution is -2.12. The first-order chi connectivity index (χ1) is 9.24. The van der Waals surface area contributed by atoms with Gasteiger partial charge in [0, 0.05) is 23.1 Å². The number of hydrogen-bond donors (Lipinski definition) is 1. The molecule has 2 aromatic rings. The quantitative estimate of drug-likeness (QED) is 0.874. The first-order valence-electron chi connectivity index (χ1n) is 6.14. The van der Waals surface area contributed by atoms with E-state index in [1.807, 2.05) is 11.8 Å². The van der Waals surface area contributed by atoms with Crippen molar-refractivity contribution in [2.75, 3.05) is 17.6 Å². The average molecular weight is 294 g/mol. The van der Waals surface area contributed by atoms with Gasteiger partial charge >= 0.3 is 0 Å².